The van der Waals surface area contributed by atoms with Crippen LogP contribution in [-0.4, -0.2) is 24.1 Å². The van der Waals surface area contributed by atoms with Crippen LogP contribution in [0.2, 0.25) is 0 Å². The Bertz CT molecular complexity index is 420. The second-order valence-electron chi connectivity index (χ2n) is 5.13. The highest BCUT2D eigenvalue weighted by molar-refractivity contribution is 5.98. The first-order valence-electron chi connectivity index (χ1n) is 6.95. The zero-order valence-electron chi connectivity index (χ0n) is 11.5. The number of carbonyl (C=O) groups is 1. The predicted molar refractivity (Wildman–Crippen MR) is 72.2 cm³/mol. The molecule has 1 aromatic rings. The van der Waals surface area contributed by atoms with E-state index in [1.165, 1.54) is 24.2 Å². The fourth-order valence-electron chi connectivity index (χ4n) is 2.79. The number of methoxy groups -OCH3 is 1. The Morgan fingerprint density at radius 3 is 2.89 bits per heavy atom. The molecule has 0 amide bonds. The van der Waals surface area contributed by atoms with Gasteiger partial charge in [0.15, 0.2) is 5.78 Å². The van der Waals surface area contributed by atoms with Crippen molar-refractivity contribution in [2.24, 2.45) is 0 Å². The van der Waals surface area contributed by atoms with Crippen molar-refractivity contribution in [1.29, 1.82) is 0 Å². The van der Waals surface area contributed by atoms with Crippen molar-refractivity contribution in [3.63, 3.8) is 0 Å². The Labute approximate surface area is 109 Å². The molecule has 1 aliphatic carbocycles. The van der Waals surface area contributed by atoms with E-state index in [0.29, 0.717) is 5.78 Å². The van der Waals surface area contributed by atoms with Gasteiger partial charge in [-0.15, -0.1) is 0 Å². The van der Waals surface area contributed by atoms with Gasteiger partial charge in [-0.25, -0.2) is 0 Å². The van der Waals surface area contributed by atoms with Crippen LogP contribution in [0.3, 0.4) is 0 Å². The van der Waals surface area contributed by atoms with Crippen LogP contribution in [-0.2, 0) is 17.7 Å². The molecule has 100 valence electrons. The lowest BCUT2D eigenvalue weighted by Crippen LogP contribution is -2.13. The summed E-state index contributed by atoms with van der Waals surface area (Å²) in [6.45, 7) is 4.00. The van der Waals surface area contributed by atoms with Crippen molar-refractivity contribution in [1.82, 2.24) is 4.57 Å². The van der Waals surface area contributed by atoms with Crippen LogP contribution in [0, 0.1) is 6.92 Å². The van der Waals surface area contributed by atoms with Crippen LogP contribution in [0.15, 0.2) is 6.07 Å². The van der Waals surface area contributed by atoms with Gasteiger partial charge in [0.2, 0.25) is 0 Å². The van der Waals surface area contributed by atoms with Gasteiger partial charge in [0, 0.05) is 43.6 Å². The van der Waals surface area contributed by atoms with Crippen LogP contribution < -0.4 is 0 Å². The molecule has 0 spiro atoms. The first-order valence-corrected chi connectivity index (χ1v) is 6.95. The smallest absolute Gasteiger partial charge is 0.164 e. The van der Waals surface area contributed by atoms with Crippen LogP contribution in [0.5, 0.6) is 0 Å². The van der Waals surface area contributed by atoms with Crippen LogP contribution in [0.25, 0.3) is 0 Å². The van der Waals surface area contributed by atoms with Crippen LogP contribution in [0.1, 0.15) is 53.8 Å². The predicted octanol–water partition coefficient (Wildman–Crippen LogP) is 3.13. The lowest BCUT2D eigenvalue weighted by atomic mass is 9.96. The minimum Gasteiger partial charge on any atom is -0.385 e. The van der Waals surface area contributed by atoms with Crippen molar-refractivity contribution in [2.75, 3.05) is 13.7 Å². The SMILES string of the molecule is COCCCCCn1c(C)cc2c1CCCC2=O. The second-order valence-corrected chi connectivity index (χ2v) is 5.13. The Kier molecular flexibility index (Phi) is 4.59. The van der Waals surface area contributed by atoms with Gasteiger partial charge in [-0.3, -0.25) is 4.79 Å². The summed E-state index contributed by atoms with van der Waals surface area (Å²) in [5.74, 6) is 0.331. The average Bonchev–Trinajstić information content (AvgIpc) is 2.68. The normalized spacial score (nSPS) is 14.9. The minimum absolute atomic E-state index is 0.331. The highest BCUT2D eigenvalue weighted by Crippen LogP contribution is 2.25. The van der Waals surface area contributed by atoms with Gasteiger partial charge in [-0.05, 0) is 45.1 Å². The third kappa shape index (κ3) is 2.83. The molecule has 0 aromatic carbocycles. The van der Waals surface area contributed by atoms with Gasteiger partial charge in [0.1, 0.15) is 0 Å². The molecule has 1 aliphatic rings. The number of rotatable bonds is 6. The number of aromatic nitrogens is 1. The lowest BCUT2D eigenvalue weighted by molar-refractivity contribution is 0.0971. The maximum absolute atomic E-state index is 11.8. The average molecular weight is 249 g/mol. The largest absolute Gasteiger partial charge is 0.385 e. The summed E-state index contributed by atoms with van der Waals surface area (Å²) in [4.78, 5) is 11.8. The Hall–Kier alpha value is -1.09. The van der Waals surface area contributed by atoms with E-state index in [0.717, 1.165) is 44.4 Å². The summed E-state index contributed by atoms with van der Waals surface area (Å²) in [7, 11) is 1.75. The first-order chi connectivity index (χ1) is 8.74. The Balaban J connectivity index is 1.98. The molecular formula is C15H23NO2. The molecule has 0 aliphatic heterocycles. The van der Waals surface area contributed by atoms with Gasteiger partial charge >= 0.3 is 0 Å². The molecule has 0 N–H and O–H groups in total. The van der Waals surface area contributed by atoms with E-state index in [9.17, 15) is 4.79 Å². The number of hydrogen-bond donors (Lipinski definition) is 0. The van der Waals surface area contributed by atoms with E-state index in [1.807, 2.05) is 0 Å². The number of ketones is 1. The number of carbonyl (C=O) groups excluding carboxylic acids is 1. The third-order valence-electron chi connectivity index (χ3n) is 3.76. The number of ether oxygens (including phenoxy) is 1. The summed E-state index contributed by atoms with van der Waals surface area (Å²) in [5.41, 5.74) is 3.49. The topological polar surface area (TPSA) is 31.2 Å². The van der Waals surface area contributed by atoms with Crippen LogP contribution in [0.4, 0.5) is 0 Å². The summed E-state index contributed by atoms with van der Waals surface area (Å²) in [6.07, 6.45) is 6.28. The highest BCUT2D eigenvalue weighted by atomic mass is 16.5. The Morgan fingerprint density at radius 2 is 2.11 bits per heavy atom. The highest BCUT2D eigenvalue weighted by Gasteiger charge is 2.21. The molecule has 0 fully saturated rings. The van der Waals surface area contributed by atoms with Crippen molar-refractivity contribution < 1.29 is 9.53 Å². The number of hydrogen-bond acceptors (Lipinski definition) is 2. The molecule has 1 aromatic heterocycles. The zero-order chi connectivity index (χ0) is 13.0. The number of aryl methyl sites for hydroxylation is 1. The molecule has 0 bridgehead atoms. The molecule has 2 rings (SSSR count). The van der Waals surface area contributed by atoms with E-state index in [-0.39, 0.29) is 0 Å². The third-order valence-corrected chi connectivity index (χ3v) is 3.76. The summed E-state index contributed by atoms with van der Waals surface area (Å²) in [5, 5.41) is 0. The van der Waals surface area contributed by atoms with Crippen molar-refractivity contribution in [3.8, 4) is 0 Å². The molecule has 1 heterocycles. The summed E-state index contributed by atoms with van der Waals surface area (Å²) >= 11 is 0. The number of unbranched alkanes of at least 4 members (excludes halogenated alkanes) is 2. The summed E-state index contributed by atoms with van der Waals surface area (Å²) in [6, 6.07) is 2.08. The Morgan fingerprint density at radius 1 is 1.28 bits per heavy atom. The molecule has 18 heavy (non-hydrogen) atoms. The fourth-order valence-corrected chi connectivity index (χ4v) is 2.79. The van der Waals surface area contributed by atoms with Gasteiger partial charge in [0.25, 0.3) is 0 Å². The van der Waals surface area contributed by atoms with Gasteiger partial charge < -0.3 is 9.30 Å². The molecule has 3 nitrogen and oxygen atoms in total. The van der Waals surface area contributed by atoms with E-state index < -0.39 is 0 Å². The second kappa shape index (κ2) is 6.19. The number of nitrogens with zero attached hydrogens (tertiary/aromatic N) is 1. The molecule has 3 heteroatoms. The van der Waals surface area contributed by atoms with Gasteiger partial charge in [-0.2, -0.15) is 0 Å². The maximum atomic E-state index is 11.8. The van der Waals surface area contributed by atoms with Crippen molar-refractivity contribution in [2.45, 2.75) is 52.0 Å². The molecule has 0 saturated carbocycles. The molecular weight excluding hydrogens is 226 g/mol. The standard InChI is InChI=1S/C15H23NO2/c1-12-11-13-14(7-6-8-15(13)17)16(12)9-4-3-5-10-18-2/h11H,3-10H2,1-2H3. The quantitative estimate of drug-likeness (QED) is 0.725. The molecule has 0 atom stereocenters. The van der Waals surface area contributed by atoms with Crippen LogP contribution >= 0.6 is 0 Å². The zero-order valence-corrected chi connectivity index (χ0v) is 11.5. The van der Waals surface area contributed by atoms with Gasteiger partial charge in [-0.1, -0.05) is 0 Å². The monoisotopic (exact) mass is 249 g/mol. The van der Waals surface area contributed by atoms with Crippen molar-refractivity contribution in [3.05, 3.63) is 23.0 Å². The number of Topliss-reactive ketones (excluding diaryl/α,β-unsaturated/α-hetero) is 1. The molecule has 0 unspecified atom stereocenters. The first kappa shape index (κ1) is 13.3. The lowest BCUT2D eigenvalue weighted by Gasteiger charge is -2.15. The van der Waals surface area contributed by atoms with E-state index in [2.05, 4.69) is 17.6 Å². The van der Waals surface area contributed by atoms with Crippen molar-refractivity contribution >= 4 is 5.78 Å². The van der Waals surface area contributed by atoms with E-state index in [4.69, 9.17) is 4.74 Å². The molecule has 0 saturated heterocycles. The molecule has 0 radical (unpaired) electrons. The number of fused-ring (bicyclic) bond motifs is 1. The van der Waals surface area contributed by atoms with Gasteiger partial charge in [0.05, 0.1) is 0 Å². The summed E-state index contributed by atoms with van der Waals surface area (Å²) < 4.78 is 7.40. The van der Waals surface area contributed by atoms with E-state index >= 15 is 0 Å². The maximum Gasteiger partial charge on any atom is 0.164 e. The van der Waals surface area contributed by atoms with E-state index in [1.54, 1.807) is 7.11 Å². The minimum atomic E-state index is 0.331. The fraction of sp³-hybridized carbons (Fsp3) is 0.667.